The van der Waals surface area contributed by atoms with E-state index in [1.54, 1.807) is 24.4 Å². The molecule has 1 aliphatic rings. The Kier molecular flexibility index (Phi) is 3.94. The fourth-order valence-electron chi connectivity index (χ4n) is 2.51. The number of sulfonamides is 1. The minimum Gasteiger partial charge on any atom is -0.288 e. The van der Waals surface area contributed by atoms with Gasteiger partial charge in [-0.3, -0.25) is 4.40 Å². The van der Waals surface area contributed by atoms with Crippen LogP contribution in [0.1, 0.15) is 32.6 Å². The van der Waals surface area contributed by atoms with Crippen molar-refractivity contribution in [2.45, 2.75) is 43.7 Å². The zero-order chi connectivity index (χ0) is 15.0. The number of pyridine rings is 1. The van der Waals surface area contributed by atoms with Crippen molar-refractivity contribution >= 4 is 27.3 Å². The van der Waals surface area contributed by atoms with E-state index in [-0.39, 0.29) is 16.2 Å². The number of halogens is 1. The molecular weight excluding hydrogens is 310 g/mol. The van der Waals surface area contributed by atoms with Gasteiger partial charge in [0, 0.05) is 12.2 Å². The summed E-state index contributed by atoms with van der Waals surface area (Å²) in [4.78, 5) is 4.10. The maximum atomic E-state index is 12.6. The maximum absolute atomic E-state index is 12.6. The molecule has 114 valence electrons. The van der Waals surface area contributed by atoms with Crippen LogP contribution in [0.2, 0.25) is 5.15 Å². The van der Waals surface area contributed by atoms with Crippen LogP contribution in [0.15, 0.2) is 29.4 Å². The van der Waals surface area contributed by atoms with Gasteiger partial charge < -0.3 is 0 Å². The first-order valence-corrected chi connectivity index (χ1v) is 9.02. The third kappa shape index (κ3) is 3.07. The third-order valence-electron chi connectivity index (χ3n) is 3.83. The van der Waals surface area contributed by atoms with Gasteiger partial charge in [0.25, 0.3) is 10.0 Å². The van der Waals surface area contributed by atoms with Gasteiger partial charge in [0.05, 0.1) is 0 Å². The normalized spacial score (nSPS) is 17.2. The Morgan fingerprint density at radius 2 is 2.24 bits per heavy atom. The van der Waals surface area contributed by atoms with E-state index in [0.717, 1.165) is 12.8 Å². The minimum absolute atomic E-state index is 0.00924. The van der Waals surface area contributed by atoms with Crippen molar-refractivity contribution in [2.24, 2.45) is 5.92 Å². The molecule has 7 heteroatoms. The predicted molar refractivity (Wildman–Crippen MR) is 81.9 cm³/mol. The highest BCUT2D eigenvalue weighted by Gasteiger charge is 2.30. The summed E-state index contributed by atoms with van der Waals surface area (Å²) in [6.45, 7) is 1.99. The zero-order valence-corrected chi connectivity index (χ0v) is 13.4. The molecule has 1 unspecified atom stereocenters. The molecule has 1 fully saturated rings. The molecule has 2 aromatic heterocycles. The third-order valence-corrected chi connectivity index (χ3v) is 5.75. The molecule has 0 saturated heterocycles. The van der Waals surface area contributed by atoms with Gasteiger partial charge in [-0.15, -0.1) is 0 Å². The molecule has 0 spiro atoms. The Balaban J connectivity index is 1.93. The smallest absolute Gasteiger partial charge is 0.260 e. The van der Waals surface area contributed by atoms with Gasteiger partial charge in [-0.25, -0.2) is 18.1 Å². The van der Waals surface area contributed by atoms with Gasteiger partial charge >= 0.3 is 0 Å². The largest absolute Gasteiger partial charge is 0.288 e. The summed E-state index contributed by atoms with van der Waals surface area (Å²) in [5, 5.41) is 0.0315. The van der Waals surface area contributed by atoms with Gasteiger partial charge in [0.1, 0.15) is 5.65 Å². The lowest BCUT2D eigenvalue weighted by molar-refractivity contribution is 0.493. The molecule has 0 aliphatic heterocycles. The highest BCUT2D eigenvalue weighted by Crippen LogP contribution is 2.34. The standard InChI is InChI=1S/C14H18ClN3O2S/c1-2-11(9-10-6-7-10)17-21(19,20)14-13(15)16-12-5-3-4-8-18(12)14/h3-5,8,10-11,17H,2,6-7,9H2,1H3. The first-order valence-electron chi connectivity index (χ1n) is 7.16. The van der Waals surface area contributed by atoms with E-state index in [2.05, 4.69) is 9.71 Å². The topological polar surface area (TPSA) is 63.5 Å². The van der Waals surface area contributed by atoms with E-state index in [9.17, 15) is 8.42 Å². The molecule has 2 aromatic rings. The summed E-state index contributed by atoms with van der Waals surface area (Å²) >= 11 is 6.05. The van der Waals surface area contributed by atoms with E-state index in [4.69, 9.17) is 11.6 Å². The molecular formula is C14H18ClN3O2S. The molecule has 0 aromatic carbocycles. The van der Waals surface area contributed by atoms with Crippen LogP contribution in [-0.4, -0.2) is 23.8 Å². The van der Waals surface area contributed by atoms with E-state index >= 15 is 0 Å². The van der Waals surface area contributed by atoms with Crippen LogP contribution in [0.3, 0.4) is 0 Å². The van der Waals surface area contributed by atoms with Crippen molar-refractivity contribution in [1.29, 1.82) is 0 Å². The molecule has 5 nitrogen and oxygen atoms in total. The molecule has 0 amide bonds. The summed E-state index contributed by atoms with van der Waals surface area (Å²) < 4.78 is 29.6. The summed E-state index contributed by atoms with van der Waals surface area (Å²) in [5.74, 6) is 0.662. The Morgan fingerprint density at radius 1 is 1.48 bits per heavy atom. The van der Waals surface area contributed by atoms with E-state index in [1.807, 2.05) is 6.92 Å². The van der Waals surface area contributed by atoms with E-state index < -0.39 is 10.0 Å². The Morgan fingerprint density at radius 3 is 2.90 bits per heavy atom. The van der Waals surface area contributed by atoms with Crippen molar-refractivity contribution in [1.82, 2.24) is 14.1 Å². The van der Waals surface area contributed by atoms with Gasteiger partial charge in [-0.05, 0) is 30.9 Å². The predicted octanol–water partition coefficient (Wildman–Crippen LogP) is 2.84. The SMILES string of the molecule is CCC(CC1CC1)NS(=O)(=O)c1c(Cl)nc2ccccn12. The first kappa shape index (κ1) is 14.8. The lowest BCUT2D eigenvalue weighted by Gasteiger charge is -2.16. The lowest BCUT2D eigenvalue weighted by atomic mass is 10.1. The Labute approximate surface area is 129 Å². The molecule has 2 heterocycles. The molecule has 1 N–H and O–H groups in total. The van der Waals surface area contributed by atoms with Crippen LogP contribution in [0.25, 0.3) is 5.65 Å². The van der Waals surface area contributed by atoms with Crippen LogP contribution in [-0.2, 0) is 10.0 Å². The van der Waals surface area contributed by atoms with Crippen LogP contribution in [0, 0.1) is 5.92 Å². The van der Waals surface area contributed by atoms with E-state index in [0.29, 0.717) is 11.6 Å². The van der Waals surface area contributed by atoms with Crippen molar-refractivity contribution in [2.75, 3.05) is 0 Å². The zero-order valence-electron chi connectivity index (χ0n) is 11.8. The second-order valence-electron chi connectivity index (χ2n) is 5.54. The average molecular weight is 328 g/mol. The fraction of sp³-hybridized carbons (Fsp3) is 0.500. The second-order valence-corrected chi connectivity index (χ2v) is 7.53. The van der Waals surface area contributed by atoms with Gasteiger partial charge in [0.15, 0.2) is 10.2 Å². The number of aromatic nitrogens is 2. The minimum atomic E-state index is -3.68. The number of fused-ring (bicyclic) bond motifs is 1. The number of hydrogen-bond acceptors (Lipinski definition) is 3. The van der Waals surface area contributed by atoms with Crippen LogP contribution in [0.5, 0.6) is 0 Å². The summed E-state index contributed by atoms with van der Waals surface area (Å²) in [6, 6.07) is 5.23. The number of rotatable bonds is 6. The molecule has 1 aliphatic carbocycles. The van der Waals surface area contributed by atoms with Crippen molar-refractivity contribution in [3.63, 3.8) is 0 Å². The second kappa shape index (κ2) is 5.59. The Bertz CT molecular complexity index is 753. The number of nitrogens with zero attached hydrogens (tertiary/aromatic N) is 2. The lowest BCUT2D eigenvalue weighted by Crippen LogP contribution is -2.35. The number of hydrogen-bond donors (Lipinski definition) is 1. The van der Waals surface area contributed by atoms with Crippen molar-refractivity contribution in [3.8, 4) is 0 Å². The van der Waals surface area contributed by atoms with Crippen LogP contribution >= 0.6 is 11.6 Å². The maximum Gasteiger partial charge on any atom is 0.260 e. The number of nitrogens with one attached hydrogen (secondary N) is 1. The van der Waals surface area contributed by atoms with Crippen LogP contribution < -0.4 is 4.72 Å². The summed E-state index contributed by atoms with van der Waals surface area (Å²) in [7, 11) is -3.68. The summed E-state index contributed by atoms with van der Waals surface area (Å²) in [5.41, 5.74) is 0.526. The first-order chi connectivity index (χ1) is 10.0. The van der Waals surface area contributed by atoms with Gasteiger partial charge in [0.2, 0.25) is 0 Å². The quantitative estimate of drug-likeness (QED) is 0.887. The monoisotopic (exact) mass is 327 g/mol. The van der Waals surface area contributed by atoms with Gasteiger partial charge in [-0.1, -0.05) is 37.4 Å². The highest BCUT2D eigenvalue weighted by molar-refractivity contribution is 7.89. The van der Waals surface area contributed by atoms with Crippen LogP contribution in [0.4, 0.5) is 0 Å². The highest BCUT2D eigenvalue weighted by atomic mass is 35.5. The van der Waals surface area contributed by atoms with Crippen molar-refractivity contribution < 1.29 is 8.42 Å². The Hall–Kier alpha value is -1.11. The fourth-order valence-corrected chi connectivity index (χ4v) is 4.49. The molecule has 0 radical (unpaired) electrons. The molecule has 0 bridgehead atoms. The number of imidazole rings is 1. The van der Waals surface area contributed by atoms with Gasteiger partial charge in [-0.2, -0.15) is 0 Å². The summed E-state index contributed by atoms with van der Waals surface area (Å²) in [6.07, 6.45) is 5.72. The molecule has 21 heavy (non-hydrogen) atoms. The molecule has 1 atom stereocenters. The molecule has 1 saturated carbocycles. The average Bonchev–Trinajstić information content (AvgIpc) is 3.17. The van der Waals surface area contributed by atoms with Crippen molar-refractivity contribution in [3.05, 3.63) is 29.5 Å². The van der Waals surface area contributed by atoms with E-state index in [1.165, 1.54) is 17.2 Å². The molecule has 3 rings (SSSR count).